The average molecular weight is 300 g/mol. The number of methoxy groups -OCH3 is 1. The van der Waals surface area contributed by atoms with Crippen molar-refractivity contribution in [2.75, 3.05) is 32.1 Å². The van der Waals surface area contributed by atoms with Crippen molar-refractivity contribution in [1.29, 1.82) is 0 Å². The molecule has 0 radical (unpaired) electrons. The SMILES string of the molecule is CCCNS(=O)(=O)c1ccccc1N(C)CC(=O)OC. The highest BCUT2D eigenvalue weighted by atomic mass is 32.2. The maximum atomic E-state index is 12.2. The van der Waals surface area contributed by atoms with E-state index in [0.29, 0.717) is 18.7 Å². The molecule has 1 aromatic carbocycles. The summed E-state index contributed by atoms with van der Waals surface area (Å²) in [4.78, 5) is 13.0. The smallest absolute Gasteiger partial charge is 0.325 e. The van der Waals surface area contributed by atoms with Crippen molar-refractivity contribution in [3.63, 3.8) is 0 Å². The normalized spacial score (nSPS) is 11.2. The molecular weight excluding hydrogens is 280 g/mol. The summed E-state index contributed by atoms with van der Waals surface area (Å²) in [6, 6.07) is 6.54. The molecule has 6 nitrogen and oxygen atoms in total. The van der Waals surface area contributed by atoms with Crippen LogP contribution in [0, 0.1) is 0 Å². The second-order valence-electron chi connectivity index (χ2n) is 4.30. The Balaban J connectivity index is 3.07. The molecule has 0 unspecified atom stereocenters. The summed E-state index contributed by atoms with van der Waals surface area (Å²) >= 11 is 0. The fourth-order valence-electron chi connectivity index (χ4n) is 1.66. The predicted octanol–water partition coefficient (Wildman–Crippen LogP) is 0.984. The highest BCUT2D eigenvalue weighted by Gasteiger charge is 2.20. The summed E-state index contributed by atoms with van der Waals surface area (Å²) in [5.74, 6) is -0.429. The van der Waals surface area contributed by atoms with E-state index in [2.05, 4.69) is 9.46 Å². The Morgan fingerprint density at radius 2 is 2.00 bits per heavy atom. The fourth-order valence-corrected chi connectivity index (χ4v) is 3.04. The van der Waals surface area contributed by atoms with Crippen LogP contribution in [0.15, 0.2) is 29.2 Å². The zero-order valence-corrected chi connectivity index (χ0v) is 12.7. The second-order valence-corrected chi connectivity index (χ2v) is 6.03. The summed E-state index contributed by atoms with van der Waals surface area (Å²) in [7, 11) is -0.647. The van der Waals surface area contributed by atoms with Crippen LogP contribution in [0.25, 0.3) is 0 Å². The largest absolute Gasteiger partial charge is 0.468 e. The van der Waals surface area contributed by atoms with Crippen LogP contribution >= 0.6 is 0 Å². The Morgan fingerprint density at radius 1 is 1.35 bits per heavy atom. The monoisotopic (exact) mass is 300 g/mol. The van der Waals surface area contributed by atoms with E-state index in [1.807, 2.05) is 6.92 Å². The van der Waals surface area contributed by atoms with Gasteiger partial charge in [-0.1, -0.05) is 19.1 Å². The highest BCUT2D eigenvalue weighted by Crippen LogP contribution is 2.23. The summed E-state index contributed by atoms with van der Waals surface area (Å²) in [6.45, 7) is 2.24. The molecule has 20 heavy (non-hydrogen) atoms. The Bertz CT molecular complexity index is 557. The number of hydrogen-bond donors (Lipinski definition) is 1. The first-order valence-electron chi connectivity index (χ1n) is 6.29. The predicted molar refractivity (Wildman–Crippen MR) is 77.2 cm³/mol. The molecule has 0 saturated carbocycles. The van der Waals surface area contributed by atoms with Crippen molar-refractivity contribution in [2.45, 2.75) is 18.2 Å². The number of nitrogens with zero attached hydrogens (tertiary/aromatic N) is 1. The number of para-hydroxylation sites is 1. The van der Waals surface area contributed by atoms with Crippen molar-refractivity contribution in [1.82, 2.24) is 4.72 Å². The molecule has 1 rings (SSSR count). The molecule has 1 N–H and O–H groups in total. The molecule has 0 fully saturated rings. The number of likely N-dealkylation sites (N-methyl/N-ethyl adjacent to an activating group) is 1. The number of hydrogen-bond acceptors (Lipinski definition) is 5. The van der Waals surface area contributed by atoms with Crippen LogP contribution in [0.1, 0.15) is 13.3 Å². The van der Waals surface area contributed by atoms with Crippen LogP contribution in [0.3, 0.4) is 0 Å². The van der Waals surface area contributed by atoms with Crippen molar-refractivity contribution < 1.29 is 17.9 Å². The van der Waals surface area contributed by atoms with Crippen molar-refractivity contribution >= 4 is 21.7 Å². The number of benzene rings is 1. The molecule has 0 atom stereocenters. The first-order valence-corrected chi connectivity index (χ1v) is 7.77. The Kier molecular flexibility index (Phi) is 5.97. The molecule has 0 amide bonds. The van der Waals surface area contributed by atoms with Gasteiger partial charge in [0.2, 0.25) is 10.0 Å². The molecule has 0 aliphatic heterocycles. The third kappa shape index (κ3) is 4.21. The van der Waals surface area contributed by atoms with Crippen molar-refractivity contribution in [3.05, 3.63) is 24.3 Å². The van der Waals surface area contributed by atoms with Gasteiger partial charge in [-0.15, -0.1) is 0 Å². The lowest BCUT2D eigenvalue weighted by molar-refractivity contribution is -0.138. The van der Waals surface area contributed by atoms with Crippen molar-refractivity contribution in [3.8, 4) is 0 Å². The van der Waals surface area contributed by atoms with E-state index in [9.17, 15) is 13.2 Å². The minimum Gasteiger partial charge on any atom is -0.468 e. The maximum absolute atomic E-state index is 12.2. The lowest BCUT2D eigenvalue weighted by Crippen LogP contribution is -2.30. The van der Waals surface area contributed by atoms with Gasteiger partial charge in [-0.2, -0.15) is 0 Å². The topological polar surface area (TPSA) is 75.7 Å². The number of ether oxygens (including phenoxy) is 1. The Labute approximate surface area is 119 Å². The van der Waals surface area contributed by atoms with E-state index >= 15 is 0 Å². The van der Waals surface area contributed by atoms with Crippen LogP contribution in [-0.4, -0.2) is 41.6 Å². The molecule has 0 saturated heterocycles. The summed E-state index contributed by atoms with van der Waals surface area (Å²) in [5, 5.41) is 0. The van der Waals surface area contributed by atoms with Gasteiger partial charge in [-0.25, -0.2) is 13.1 Å². The van der Waals surface area contributed by atoms with Gasteiger partial charge in [0.05, 0.1) is 12.8 Å². The minimum absolute atomic E-state index is 0.0171. The zero-order chi connectivity index (χ0) is 15.2. The average Bonchev–Trinajstić information content (AvgIpc) is 2.45. The van der Waals surface area contributed by atoms with Gasteiger partial charge in [0, 0.05) is 13.6 Å². The molecule has 0 heterocycles. The van der Waals surface area contributed by atoms with E-state index < -0.39 is 16.0 Å². The number of carbonyl (C=O) groups excluding carboxylic acids is 1. The van der Waals surface area contributed by atoms with E-state index in [4.69, 9.17) is 0 Å². The second kappa shape index (κ2) is 7.25. The molecule has 1 aromatic rings. The van der Waals surface area contributed by atoms with Gasteiger partial charge in [0.1, 0.15) is 11.4 Å². The number of esters is 1. The van der Waals surface area contributed by atoms with E-state index in [1.165, 1.54) is 13.2 Å². The standard InChI is InChI=1S/C13H20N2O4S/c1-4-9-14-20(17,18)12-8-6-5-7-11(12)15(2)10-13(16)19-3/h5-8,14H,4,9-10H2,1-3H3. The van der Waals surface area contributed by atoms with Gasteiger partial charge < -0.3 is 9.64 Å². The molecule has 0 spiro atoms. The minimum atomic E-state index is -3.58. The molecular formula is C13H20N2O4S. The first kappa shape index (κ1) is 16.5. The van der Waals surface area contributed by atoms with E-state index in [0.717, 1.165) is 0 Å². The first-order chi connectivity index (χ1) is 9.42. The molecule has 0 aliphatic carbocycles. The maximum Gasteiger partial charge on any atom is 0.325 e. The zero-order valence-electron chi connectivity index (χ0n) is 11.9. The van der Waals surface area contributed by atoms with Crippen LogP contribution in [0.4, 0.5) is 5.69 Å². The Hall–Kier alpha value is -1.60. The fraction of sp³-hybridized carbons (Fsp3) is 0.462. The molecule has 7 heteroatoms. The molecule has 0 aromatic heterocycles. The lowest BCUT2D eigenvalue weighted by atomic mass is 10.3. The molecule has 0 aliphatic rings. The van der Waals surface area contributed by atoms with E-state index in [-0.39, 0.29) is 11.4 Å². The Morgan fingerprint density at radius 3 is 2.60 bits per heavy atom. The van der Waals surface area contributed by atoms with Gasteiger partial charge >= 0.3 is 5.97 Å². The van der Waals surface area contributed by atoms with Gasteiger partial charge in [0.15, 0.2) is 0 Å². The summed E-state index contributed by atoms with van der Waals surface area (Å²) < 4.78 is 31.5. The van der Waals surface area contributed by atoms with Gasteiger partial charge in [-0.3, -0.25) is 4.79 Å². The van der Waals surface area contributed by atoms with Crippen molar-refractivity contribution in [2.24, 2.45) is 0 Å². The quantitative estimate of drug-likeness (QED) is 0.760. The highest BCUT2D eigenvalue weighted by molar-refractivity contribution is 7.89. The number of anilines is 1. The molecule has 112 valence electrons. The number of sulfonamides is 1. The number of carbonyl (C=O) groups is 1. The summed E-state index contributed by atoms with van der Waals surface area (Å²) in [6.07, 6.45) is 0.708. The number of nitrogens with one attached hydrogen (secondary N) is 1. The number of rotatable bonds is 7. The summed E-state index contributed by atoms with van der Waals surface area (Å²) in [5.41, 5.74) is 0.460. The molecule has 0 bridgehead atoms. The third-order valence-electron chi connectivity index (χ3n) is 2.70. The van der Waals surface area contributed by atoms with Crippen LogP contribution < -0.4 is 9.62 Å². The van der Waals surface area contributed by atoms with Crippen LogP contribution in [-0.2, 0) is 19.6 Å². The van der Waals surface area contributed by atoms with E-state index in [1.54, 1.807) is 30.1 Å². The van der Waals surface area contributed by atoms with Crippen LogP contribution in [0.5, 0.6) is 0 Å². The van der Waals surface area contributed by atoms with Gasteiger partial charge in [-0.05, 0) is 18.6 Å². The lowest BCUT2D eigenvalue weighted by Gasteiger charge is -2.21. The third-order valence-corrected chi connectivity index (χ3v) is 4.21. The van der Waals surface area contributed by atoms with Crippen LogP contribution in [0.2, 0.25) is 0 Å². The van der Waals surface area contributed by atoms with Gasteiger partial charge in [0.25, 0.3) is 0 Å².